The molecule has 4 rings (SSSR count). The van der Waals surface area contributed by atoms with E-state index in [2.05, 4.69) is 15.6 Å². The van der Waals surface area contributed by atoms with Gasteiger partial charge in [0.05, 0.1) is 27.6 Å². The number of halogens is 2. The summed E-state index contributed by atoms with van der Waals surface area (Å²) in [5.74, 6) is 0.0953. The minimum atomic E-state index is -2.96. The number of hydrogen-bond acceptors (Lipinski definition) is 6. The van der Waals surface area contributed by atoms with E-state index in [1.165, 1.54) is 11.8 Å². The van der Waals surface area contributed by atoms with E-state index in [-0.39, 0.29) is 28.7 Å². The van der Waals surface area contributed by atoms with Gasteiger partial charge in [-0.15, -0.1) is 0 Å². The number of nitrogens with zero attached hydrogens (tertiary/aromatic N) is 1. The number of amides is 1. The average molecular weight is 470 g/mol. The van der Waals surface area contributed by atoms with Gasteiger partial charge >= 0.3 is 0 Å². The zero-order valence-electron chi connectivity index (χ0n) is 15.1. The molecule has 2 aromatic rings. The third kappa shape index (κ3) is 4.88. The van der Waals surface area contributed by atoms with Gasteiger partial charge in [0, 0.05) is 23.0 Å². The SMILES string of the molecule is O=C(NCc1ccc(Cl)c(Cl)c1)c1ccc(NC2=N[C@H]3CS(=O)(=O)C[C@H]3S2)cc1. The van der Waals surface area contributed by atoms with Crippen LogP contribution in [0.3, 0.4) is 0 Å². The summed E-state index contributed by atoms with van der Waals surface area (Å²) >= 11 is 13.3. The first kappa shape index (κ1) is 20.5. The highest BCUT2D eigenvalue weighted by molar-refractivity contribution is 8.15. The molecule has 29 heavy (non-hydrogen) atoms. The number of sulfone groups is 1. The number of fused-ring (bicyclic) bond motifs is 1. The minimum Gasteiger partial charge on any atom is -0.348 e. The lowest BCUT2D eigenvalue weighted by Gasteiger charge is -2.09. The second-order valence-corrected chi connectivity index (χ2v) is 11.1. The molecule has 1 saturated heterocycles. The van der Waals surface area contributed by atoms with Crippen LogP contribution in [0.1, 0.15) is 15.9 Å². The zero-order valence-corrected chi connectivity index (χ0v) is 18.2. The quantitative estimate of drug-likeness (QED) is 0.713. The molecule has 0 saturated carbocycles. The predicted octanol–water partition coefficient (Wildman–Crippen LogP) is 3.60. The van der Waals surface area contributed by atoms with E-state index >= 15 is 0 Å². The second kappa shape index (κ2) is 8.18. The molecule has 152 valence electrons. The topological polar surface area (TPSA) is 87.6 Å². The number of amidine groups is 1. The number of carbonyl (C=O) groups is 1. The van der Waals surface area contributed by atoms with Crippen LogP contribution in [0, 0.1) is 0 Å². The molecular weight excluding hydrogens is 453 g/mol. The maximum atomic E-state index is 12.3. The maximum Gasteiger partial charge on any atom is 0.251 e. The molecule has 2 aliphatic heterocycles. The number of thioether (sulfide) groups is 1. The van der Waals surface area contributed by atoms with Gasteiger partial charge in [-0.1, -0.05) is 41.0 Å². The Bertz CT molecular complexity index is 1090. The van der Waals surface area contributed by atoms with Crippen LogP contribution < -0.4 is 10.6 Å². The van der Waals surface area contributed by atoms with Gasteiger partial charge in [0.25, 0.3) is 5.91 Å². The fourth-order valence-electron chi connectivity index (χ4n) is 3.18. The summed E-state index contributed by atoms with van der Waals surface area (Å²) in [6.07, 6.45) is 0. The largest absolute Gasteiger partial charge is 0.348 e. The van der Waals surface area contributed by atoms with Crippen LogP contribution in [0.2, 0.25) is 10.0 Å². The predicted molar refractivity (Wildman–Crippen MR) is 119 cm³/mol. The Kier molecular flexibility index (Phi) is 5.79. The number of carbonyl (C=O) groups excluding carboxylic acids is 1. The normalized spacial score (nSPS) is 22.1. The van der Waals surface area contributed by atoms with Gasteiger partial charge in [0.1, 0.15) is 0 Å². The lowest BCUT2D eigenvalue weighted by Crippen LogP contribution is -2.22. The van der Waals surface area contributed by atoms with Gasteiger partial charge in [-0.05, 0) is 42.0 Å². The Morgan fingerprint density at radius 2 is 1.86 bits per heavy atom. The van der Waals surface area contributed by atoms with E-state index in [1.807, 2.05) is 6.07 Å². The van der Waals surface area contributed by atoms with Crippen molar-refractivity contribution in [2.24, 2.45) is 4.99 Å². The summed E-state index contributed by atoms with van der Waals surface area (Å²) in [6, 6.07) is 12.1. The lowest BCUT2D eigenvalue weighted by molar-refractivity contribution is 0.0951. The van der Waals surface area contributed by atoms with Crippen LogP contribution in [0.4, 0.5) is 5.69 Å². The van der Waals surface area contributed by atoms with E-state index in [1.54, 1.807) is 36.4 Å². The van der Waals surface area contributed by atoms with Crippen molar-refractivity contribution in [3.05, 3.63) is 63.6 Å². The van der Waals surface area contributed by atoms with E-state index in [0.717, 1.165) is 11.3 Å². The van der Waals surface area contributed by atoms with Crippen LogP contribution in [0.25, 0.3) is 0 Å². The molecule has 10 heteroatoms. The number of anilines is 1. The molecule has 2 heterocycles. The summed E-state index contributed by atoms with van der Waals surface area (Å²) in [5, 5.41) is 7.66. The van der Waals surface area contributed by atoms with Crippen molar-refractivity contribution in [3.63, 3.8) is 0 Å². The fourth-order valence-corrected chi connectivity index (χ4v) is 7.18. The van der Waals surface area contributed by atoms with Crippen molar-refractivity contribution in [2.75, 3.05) is 16.8 Å². The first-order chi connectivity index (χ1) is 13.8. The van der Waals surface area contributed by atoms with E-state index in [0.29, 0.717) is 27.3 Å². The van der Waals surface area contributed by atoms with Gasteiger partial charge in [-0.3, -0.25) is 9.79 Å². The molecule has 1 amide bonds. The van der Waals surface area contributed by atoms with Gasteiger partial charge in [0.15, 0.2) is 15.0 Å². The highest BCUT2D eigenvalue weighted by Crippen LogP contribution is 2.34. The Morgan fingerprint density at radius 3 is 2.55 bits per heavy atom. The van der Waals surface area contributed by atoms with Crippen LogP contribution in [-0.2, 0) is 16.4 Å². The highest BCUT2D eigenvalue weighted by atomic mass is 35.5. The highest BCUT2D eigenvalue weighted by Gasteiger charge is 2.42. The first-order valence-electron chi connectivity index (χ1n) is 8.83. The molecule has 0 unspecified atom stereocenters. The van der Waals surface area contributed by atoms with Crippen LogP contribution in [-0.4, -0.2) is 42.3 Å². The second-order valence-electron chi connectivity index (χ2n) is 6.87. The third-order valence-electron chi connectivity index (χ3n) is 4.65. The van der Waals surface area contributed by atoms with Gasteiger partial charge < -0.3 is 10.6 Å². The summed E-state index contributed by atoms with van der Waals surface area (Å²) in [7, 11) is -2.96. The Morgan fingerprint density at radius 1 is 1.10 bits per heavy atom. The van der Waals surface area contributed by atoms with Crippen molar-refractivity contribution >= 4 is 61.6 Å². The Balaban J connectivity index is 1.33. The molecule has 0 aliphatic carbocycles. The molecule has 0 radical (unpaired) electrons. The van der Waals surface area contributed by atoms with Crippen molar-refractivity contribution in [1.82, 2.24) is 5.32 Å². The number of aliphatic imine (C=N–C) groups is 1. The lowest BCUT2D eigenvalue weighted by atomic mass is 10.1. The number of benzene rings is 2. The summed E-state index contributed by atoms with van der Waals surface area (Å²) in [5.41, 5.74) is 2.18. The molecule has 2 aromatic carbocycles. The molecule has 6 nitrogen and oxygen atoms in total. The number of nitrogens with one attached hydrogen (secondary N) is 2. The smallest absolute Gasteiger partial charge is 0.251 e. The molecule has 0 spiro atoms. The average Bonchev–Trinajstić information content (AvgIpc) is 3.15. The van der Waals surface area contributed by atoms with Gasteiger partial charge in [-0.2, -0.15) is 0 Å². The van der Waals surface area contributed by atoms with Crippen molar-refractivity contribution in [3.8, 4) is 0 Å². The fraction of sp³-hybridized carbons (Fsp3) is 0.263. The van der Waals surface area contributed by atoms with E-state index < -0.39 is 9.84 Å². The molecular formula is C19H17Cl2N3O3S2. The number of hydrogen-bond donors (Lipinski definition) is 2. The standard InChI is InChI=1S/C19H17Cl2N3O3S2/c20-14-6-1-11(7-15(14)21)8-22-18(25)12-2-4-13(5-3-12)23-19-24-16-9-29(26,27)10-17(16)28-19/h1-7,16-17H,8-10H2,(H,22,25)(H,23,24)/t16-,17+/m0/s1. The van der Waals surface area contributed by atoms with Crippen molar-refractivity contribution in [2.45, 2.75) is 17.8 Å². The van der Waals surface area contributed by atoms with Gasteiger partial charge in [-0.25, -0.2) is 8.42 Å². The summed E-state index contributed by atoms with van der Waals surface area (Å²) < 4.78 is 23.3. The maximum absolute atomic E-state index is 12.3. The molecule has 2 aliphatic rings. The van der Waals surface area contributed by atoms with Crippen LogP contribution in [0.5, 0.6) is 0 Å². The zero-order chi connectivity index (χ0) is 20.6. The van der Waals surface area contributed by atoms with Gasteiger partial charge in [0.2, 0.25) is 0 Å². The van der Waals surface area contributed by atoms with E-state index in [4.69, 9.17) is 23.2 Å². The van der Waals surface area contributed by atoms with E-state index in [9.17, 15) is 13.2 Å². The molecule has 0 bridgehead atoms. The molecule has 2 N–H and O–H groups in total. The van der Waals surface area contributed by atoms with Crippen molar-refractivity contribution in [1.29, 1.82) is 0 Å². The van der Waals surface area contributed by atoms with Crippen LogP contribution in [0.15, 0.2) is 47.5 Å². The van der Waals surface area contributed by atoms with Crippen LogP contribution >= 0.6 is 35.0 Å². The monoisotopic (exact) mass is 469 g/mol. The molecule has 1 fully saturated rings. The Labute approximate surface area is 183 Å². The molecule has 0 aromatic heterocycles. The minimum absolute atomic E-state index is 0.00563. The first-order valence-corrected chi connectivity index (χ1v) is 12.3. The van der Waals surface area contributed by atoms with Crippen molar-refractivity contribution < 1.29 is 13.2 Å². The Hall–Kier alpha value is -1.74. The number of rotatable bonds is 4. The summed E-state index contributed by atoms with van der Waals surface area (Å²) in [4.78, 5) is 16.8. The third-order valence-corrected chi connectivity index (χ3v) is 8.53. The molecule has 2 atom stereocenters. The summed E-state index contributed by atoms with van der Waals surface area (Å²) in [6.45, 7) is 0.342.